The highest BCUT2D eigenvalue weighted by Gasteiger charge is 2.20. The summed E-state index contributed by atoms with van der Waals surface area (Å²) in [6.45, 7) is 0. The molecule has 3 aromatic heterocycles. The number of benzene rings is 1. The third-order valence-corrected chi connectivity index (χ3v) is 6.03. The van der Waals surface area contributed by atoms with Crippen molar-refractivity contribution in [3.05, 3.63) is 81.1 Å². The van der Waals surface area contributed by atoms with Gasteiger partial charge in [-0.15, -0.1) is 11.3 Å². The van der Waals surface area contributed by atoms with Crippen molar-refractivity contribution in [3.8, 4) is 16.5 Å². The van der Waals surface area contributed by atoms with E-state index in [2.05, 4.69) is 20.4 Å². The predicted octanol–water partition coefficient (Wildman–Crippen LogP) is 3.82. The topological polar surface area (TPSA) is 92.7 Å². The molecule has 1 aliphatic carbocycles. The number of aromatic nitrogens is 4. The van der Waals surface area contributed by atoms with Crippen molar-refractivity contribution >= 4 is 23.1 Å². The van der Waals surface area contributed by atoms with Crippen molar-refractivity contribution in [2.24, 2.45) is 0 Å². The number of carbonyl (C=O) groups excluding carboxylic acids is 1. The summed E-state index contributed by atoms with van der Waals surface area (Å²) in [6, 6.07) is 14.7. The van der Waals surface area contributed by atoms with Crippen LogP contribution < -0.4 is 10.9 Å². The van der Waals surface area contributed by atoms with Crippen molar-refractivity contribution in [1.82, 2.24) is 19.7 Å². The minimum atomic E-state index is -0.255. The lowest BCUT2D eigenvalue weighted by Crippen LogP contribution is -2.24. The lowest BCUT2D eigenvalue weighted by molar-refractivity contribution is 0.102. The Labute approximate surface area is 176 Å². The zero-order chi connectivity index (χ0) is 20.5. The van der Waals surface area contributed by atoms with Crippen molar-refractivity contribution < 1.29 is 4.79 Å². The van der Waals surface area contributed by atoms with Crippen LogP contribution >= 0.6 is 11.3 Å². The fourth-order valence-electron chi connectivity index (χ4n) is 3.64. The maximum Gasteiger partial charge on any atom is 0.256 e. The molecule has 150 valence electrons. The summed E-state index contributed by atoms with van der Waals surface area (Å²) in [4.78, 5) is 33.9. The fraction of sp³-hybridized carbons (Fsp3) is 0.182. The number of aryl methyl sites for hydroxylation is 1. The Morgan fingerprint density at radius 3 is 2.73 bits per heavy atom. The number of hydrogen-bond acceptors (Lipinski definition) is 5. The van der Waals surface area contributed by atoms with Gasteiger partial charge in [-0.1, -0.05) is 24.3 Å². The summed E-state index contributed by atoms with van der Waals surface area (Å²) in [7, 11) is 0. The number of thiophene rings is 1. The zero-order valence-electron chi connectivity index (χ0n) is 16.1. The van der Waals surface area contributed by atoms with Crippen LogP contribution in [-0.4, -0.2) is 25.7 Å². The van der Waals surface area contributed by atoms with Gasteiger partial charge in [0.1, 0.15) is 11.5 Å². The minimum absolute atomic E-state index is 0.136. The maximum absolute atomic E-state index is 12.8. The number of rotatable bonds is 4. The number of anilines is 1. The van der Waals surface area contributed by atoms with Crippen LogP contribution in [0.25, 0.3) is 16.5 Å². The van der Waals surface area contributed by atoms with Crippen LogP contribution in [0.1, 0.15) is 34.5 Å². The second-order valence-electron chi connectivity index (χ2n) is 7.15. The van der Waals surface area contributed by atoms with Crippen molar-refractivity contribution in [2.75, 3.05) is 5.32 Å². The first-order valence-electron chi connectivity index (χ1n) is 9.82. The SMILES string of the molecule is O=C(Nc1cc(-c2cccs2)nn1-c1nc2c(c(=O)[nH]1)CCCC2)c1ccccc1. The lowest BCUT2D eigenvalue weighted by Gasteiger charge is -2.15. The molecule has 0 aliphatic heterocycles. The van der Waals surface area contributed by atoms with Gasteiger partial charge in [-0.3, -0.25) is 14.6 Å². The zero-order valence-corrected chi connectivity index (χ0v) is 16.9. The molecule has 2 N–H and O–H groups in total. The molecule has 8 heteroatoms. The quantitative estimate of drug-likeness (QED) is 0.528. The minimum Gasteiger partial charge on any atom is -0.306 e. The number of nitrogens with one attached hydrogen (secondary N) is 2. The standard InChI is InChI=1S/C22H19N5O2S/c28-20(14-7-2-1-3-8-14)24-19-13-17(18-11-6-12-30-18)26-27(19)22-23-16-10-5-4-9-15(16)21(29)25-22/h1-3,6-8,11-13H,4-5,9-10H2,(H,24,28)(H,23,25,29). The van der Waals surface area contributed by atoms with E-state index in [4.69, 9.17) is 0 Å². The summed E-state index contributed by atoms with van der Waals surface area (Å²) >= 11 is 1.55. The maximum atomic E-state index is 12.8. The molecule has 0 atom stereocenters. The van der Waals surface area contributed by atoms with E-state index in [9.17, 15) is 9.59 Å². The Balaban J connectivity index is 1.59. The van der Waals surface area contributed by atoms with E-state index in [0.717, 1.165) is 41.8 Å². The Kier molecular flexibility index (Phi) is 4.76. The van der Waals surface area contributed by atoms with Gasteiger partial charge in [0, 0.05) is 17.2 Å². The first-order chi connectivity index (χ1) is 14.7. The summed E-state index contributed by atoms with van der Waals surface area (Å²) < 4.78 is 1.51. The molecule has 0 saturated carbocycles. The molecule has 0 fully saturated rings. The van der Waals surface area contributed by atoms with E-state index in [1.165, 1.54) is 4.68 Å². The molecule has 5 rings (SSSR count). The van der Waals surface area contributed by atoms with Crippen LogP contribution in [0.3, 0.4) is 0 Å². The number of H-pyrrole nitrogens is 1. The lowest BCUT2D eigenvalue weighted by atomic mass is 9.97. The van der Waals surface area contributed by atoms with Crippen LogP contribution in [0.4, 0.5) is 5.82 Å². The molecule has 7 nitrogen and oxygen atoms in total. The van der Waals surface area contributed by atoms with Gasteiger partial charge in [0.15, 0.2) is 0 Å². The van der Waals surface area contributed by atoms with Gasteiger partial charge in [-0.25, -0.2) is 4.98 Å². The number of carbonyl (C=O) groups is 1. The number of nitrogens with zero attached hydrogens (tertiary/aromatic N) is 3. The van der Waals surface area contributed by atoms with Gasteiger partial charge >= 0.3 is 0 Å². The van der Waals surface area contributed by atoms with E-state index in [0.29, 0.717) is 23.0 Å². The summed E-state index contributed by atoms with van der Waals surface area (Å²) in [5, 5.41) is 9.52. The van der Waals surface area contributed by atoms with Crippen molar-refractivity contribution in [2.45, 2.75) is 25.7 Å². The molecular weight excluding hydrogens is 398 g/mol. The Bertz CT molecular complexity index is 1260. The molecule has 0 bridgehead atoms. The number of fused-ring (bicyclic) bond motifs is 1. The van der Waals surface area contributed by atoms with Crippen LogP contribution in [0.2, 0.25) is 0 Å². The average Bonchev–Trinajstić information content (AvgIpc) is 3.44. The smallest absolute Gasteiger partial charge is 0.256 e. The second-order valence-corrected chi connectivity index (χ2v) is 8.09. The largest absolute Gasteiger partial charge is 0.306 e. The molecule has 1 aromatic carbocycles. The highest BCUT2D eigenvalue weighted by Crippen LogP contribution is 2.28. The molecule has 0 saturated heterocycles. The molecule has 1 amide bonds. The van der Waals surface area contributed by atoms with Crippen LogP contribution in [0.15, 0.2) is 58.7 Å². The molecule has 30 heavy (non-hydrogen) atoms. The molecule has 4 aromatic rings. The van der Waals surface area contributed by atoms with E-state index in [1.54, 1.807) is 29.5 Å². The number of amides is 1. The Morgan fingerprint density at radius 2 is 1.93 bits per heavy atom. The summed E-state index contributed by atoms with van der Waals surface area (Å²) in [5.41, 5.74) is 2.67. The van der Waals surface area contributed by atoms with Gasteiger partial charge < -0.3 is 5.32 Å². The fourth-order valence-corrected chi connectivity index (χ4v) is 4.33. The van der Waals surface area contributed by atoms with Gasteiger partial charge in [0.25, 0.3) is 11.5 Å². The van der Waals surface area contributed by atoms with E-state index < -0.39 is 0 Å². The number of aromatic amines is 1. The molecule has 0 radical (unpaired) electrons. The first-order valence-corrected chi connectivity index (χ1v) is 10.7. The molecule has 0 spiro atoms. The predicted molar refractivity (Wildman–Crippen MR) is 116 cm³/mol. The van der Waals surface area contributed by atoms with Crippen molar-refractivity contribution in [3.63, 3.8) is 0 Å². The van der Waals surface area contributed by atoms with E-state index >= 15 is 0 Å². The normalized spacial score (nSPS) is 13.1. The van der Waals surface area contributed by atoms with Crippen LogP contribution in [-0.2, 0) is 12.8 Å². The molecule has 1 aliphatic rings. The highest BCUT2D eigenvalue weighted by molar-refractivity contribution is 7.13. The second kappa shape index (κ2) is 7.72. The summed E-state index contributed by atoms with van der Waals surface area (Å²) in [6.07, 6.45) is 3.53. The Hall–Kier alpha value is -3.52. The van der Waals surface area contributed by atoms with Gasteiger partial charge in [0.2, 0.25) is 5.95 Å². The molecular formula is C22H19N5O2S. The Morgan fingerprint density at radius 1 is 1.10 bits per heavy atom. The molecule has 3 heterocycles. The van der Waals surface area contributed by atoms with Gasteiger partial charge in [0.05, 0.1) is 10.6 Å². The highest BCUT2D eigenvalue weighted by atomic mass is 32.1. The van der Waals surface area contributed by atoms with Gasteiger partial charge in [-0.2, -0.15) is 9.78 Å². The first kappa shape index (κ1) is 18.5. The van der Waals surface area contributed by atoms with Crippen molar-refractivity contribution in [1.29, 1.82) is 0 Å². The van der Waals surface area contributed by atoms with Gasteiger partial charge in [-0.05, 0) is 49.3 Å². The van der Waals surface area contributed by atoms with E-state index in [-0.39, 0.29) is 11.5 Å². The van der Waals surface area contributed by atoms with E-state index in [1.807, 2.05) is 35.7 Å². The monoisotopic (exact) mass is 417 g/mol. The third-order valence-electron chi connectivity index (χ3n) is 5.14. The van der Waals surface area contributed by atoms with Crippen LogP contribution in [0.5, 0.6) is 0 Å². The van der Waals surface area contributed by atoms with Crippen LogP contribution in [0, 0.1) is 0 Å². The third kappa shape index (κ3) is 3.46. The molecule has 0 unspecified atom stereocenters. The number of hydrogen-bond donors (Lipinski definition) is 2. The summed E-state index contributed by atoms with van der Waals surface area (Å²) in [5.74, 6) is 0.507. The average molecular weight is 417 g/mol.